The fourth-order valence-corrected chi connectivity index (χ4v) is 1.34. The highest BCUT2D eigenvalue weighted by atomic mass is 19.5. The van der Waals surface area contributed by atoms with Crippen LogP contribution in [0.3, 0.4) is 0 Å². The molecule has 0 fully saturated rings. The molecule has 4 nitrogen and oxygen atoms in total. The number of nitrogens with zero attached hydrogens (tertiary/aromatic N) is 1. The Morgan fingerprint density at radius 3 is 1.00 bits per heavy atom. The van der Waals surface area contributed by atoms with Gasteiger partial charge in [-0.15, -0.1) is 0 Å². The molecule has 0 radical (unpaired) electrons. The van der Waals surface area contributed by atoms with E-state index in [-0.39, 0.29) is 0 Å². The molecule has 0 rings (SSSR count). The molecule has 112 valence electrons. The molecule has 0 aromatic rings. The van der Waals surface area contributed by atoms with Crippen molar-refractivity contribution in [1.82, 2.24) is 0 Å². The lowest BCUT2D eigenvalue weighted by molar-refractivity contribution is -0.921. The minimum Gasteiger partial charge on any atom is -0.450 e. The van der Waals surface area contributed by atoms with E-state index in [9.17, 15) is 17.3 Å². The Labute approximate surface area is 105 Å². The molecule has 2 N–H and O–H groups in total. The quantitative estimate of drug-likeness (QED) is 0.471. The Bertz CT molecular complexity index is 183. The van der Waals surface area contributed by atoms with Crippen molar-refractivity contribution in [2.45, 2.75) is 27.7 Å². The van der Waals surface area contributed by atoms with E-state index in [1.165, 1.54) is 30.7 Å². The summed E-state index contributed by atoms with van der Waals surface area (Å²) < 4.78 is 40.3. The van der Waals surface area contributed by atoms with Gasteiger partial charge < -0.3 is 32.0 Å². The topological polar surface area (TPSA) is 57.5 Å². The standard InChI is InChI=1S/C8H20N.CH2O3.BF4/c1-5-9(6-2,7-3)8-4;2-1(3)4;2-1(3,4)5/h5-8H2,1-4H3;(H2,2,3,4);/q+1;;-1. The van der Waals surface area contributed by atoms with E-state index in [2.05, 4.69) is 27.7 Å². The lowest BCUT2D eigenvalue weighted by Crippen LogP contribution is -2.47. The van der Waals surface area contributed by atoms with Crippen LogP contribution in [0.2, 0.25) is 0 Å². The van der Waals surface area contributed by atoms with E-state index >= 15 is 0 Å². The maximum Gasteiger partial charge on any atom is 0.673 e. The zero-order chi connectivity index (χ0) is 15.4. The van der Waals surface area contributed by atoms with Crippen molar-refractivity contribution in [3.8, 4) is 0 Å². The van der Waals surface area contributed by atoms with Gasteiger partial charge in [0.05, 0.1) is 26.2 Å². The van der Waals surface area contributed by atoms with Crippen LogP contribution in [-0.4, -0.2) is 54.3 Å². The second kappa shape index (κ2) is 11.1. The third kappa shape index (κ3) is 24.3. The number of rotatable bonds is 4. The van der Waals surface area contributed by atoms with Gasteiger partial charge in [0.15, 0.2) is 0 Å². The van der Waals surface area contributed by atoms with E-state index in [1.54, 1.807) is 0 Å². The summed E-state index contributed by atoms with van der Waals surface area (Å²) in [6.07, 6.45) is -1.83. The molecule has 0 heterocycles. The van der Waals surface area contributed by atoms with Gasteiger partial charge in [-0.1, -0.05) is 0 Å². The zero-order valence-corrected chi connectivity index (χ0v) is 11.2. The van der Waals surface area contributed by atoms with Gasteiger partial charge >= 0.3 is 13.4 Å². The van der Waals surface area contributed by atoms with Crippen LogP contribution in [0.25, 0.3) is 0 Å². The van der Waals surface area contributed by atoms with Crippen LogP contribution in [0.1, 0.15) is 27.7 Å². The number of hydrogen-bond donors (Lipinski definition) is 2. The Balaban J connectivity index is -0.000000212. The molecule has 0 saturated carbocycles. The lowest BCUT2D eigenvalue weighted by Gasteiger charge is -2.34. The number of quaternary nitrogens is 1. The smallest absolute Gasteiger partial charge is 0.450 e. The Morgan fingerprint density at radius 2 is 1.00 bits per heavy atom. The van der Waals surface area contributed by atoms with Crippen LogP contribution in [0.15, 0.2) is 0 Å². The van der Waals surface area contributed by atoms with Gasteiger partial charge in [0, 0.05) is 0 Å². The first-order chi connectivity index (χ1) is 7.97. The summed E-state index contributed by atoms with van der Waals surface area (Å²) in [4.78, 5) is 8.56. The lowest BCUT2D eigenvalue weighted by atomic mass is 10.3. The summed E-state index contributed by atoms with van der Waals surface area (Å²) in [6.45, 7) is 14.2. The van der Waals surface area contributed by atoms with Gasteiger partial charge in [0.2, 0.25) is 0 Å². The predicted octanol–water partition coefficient (Wildman–Crippen LogP) is 3.41. The molecule has 0 amide bonds. The van der Waals surface area contributed by atoms with Crippen LogP contribution >= 0.6 is 0 Å². The van der Waals surface area contributed by atoms with Crippen LogP contribution in [0, 0.1) is 0 Å². The first-order valence-electron chi connectivity index (χ1n) is 5.62. The van der Waals surface area contributed by atoms with Gasteiger partial charge in [0.25, 0.3) is 0 Å². The summed E-state index contributed by atoms with van der Waals surface area (Å²) in [5.74, 6) is 0. The maximum atomic E-state index is 9.75. The van der Waals surface area contributed by atoms with Crippen molar-refractivity contribution >= 4 is 13.4 Å². The summed E-state index contributed by atoms with van der Waals surface area (Å²) in [5.41, 5.74) is 0. The second-order valence-electron chi connectivity index (χ2n) is 3.38. The van der Waals surface area contributed by atoms with E-state index in [0.29, 0.717) is 0 Å². The molecule has 18 heavy (non-hydrogen) atoms. The number of halogens is 4. The molecule has 0 bridgehead atoms. The Hall–Kier alpha value is -0.985. The number of carboxylic acid groups (broad SMARTS) is 2. The van der Waals surface area contributed by atoms with E-state index in [0.717, 1.165) is 0 Å². The van der Waals surface area contributed by atoms with Crippen molar-refractivity contribution in [3.05, 3.63) is 0 Å². The highest BCUT2D eigenvalue weighted by Gasteiger charge is 2.20. The maximum absolute atomic E-state index is 9.75. The third-order valence-electron chi connectivity index (χ3n) is 2.68. The first kappa shape index (κ1) is 22.2. The highest BCUT2D eigenvalue weighted by molar-refractivity contribution is 6.50. The summed E-state index contributed by atoms with van der Waals surface area (Å²) >= 11 is 0. The van der Waals surface area contributed by atoms with Gasteiger partial charge in [-0.05, 0) is 27.7 Å². The van der Waals surface area contributed by atoms with E-state index in [1.807, 2.05) is 0 Å². The molecule has 9 heteroatoms. The van der Waals surface area contributed by atoms with Gasteiger partial charge in [-0.3, -0.25) is 0 Å². The van der Waals surface area contributed by atoms with Crippen LogP contribution < -0.4 is 0 Å². The van der Waals surface area contributed by atoms with E-state index < -0.39 is 13.4 Å². The molecule has 0 unspecified atom stereocenters. The molecular weight excluding hydrogens is 257 g/mol. The molecule has 0 aliphatic rings. The molecule has 0 atom stereocenters. The average molecular weight is 279 g/mol. The fraction of sp³-hybridized carbons (Fsp3) is 0.889. The third-order valence-corrected chi connectivity index (χ3v) is 2.68. The predicted molar refractivity (Wildman–Crippen MR) is 63.3 cm³/mol. The number of carbonyl (C=O) groups is 1. The van der Waals surface area contributed by atoms with Crippen molar-refractivity contribution in [1.29, 1.82) is 0 Å². The first-order valence-corrected chi connectivity index (χ1v) is 5.62. The van der Waals surface area contributed by atoms with Crippen LogP contribution in [0.4, 0.5) is 22.1 Å². The molecule has 0 saturated heterocycles. The van der Waals surface area contributed by atoms with Crippen LogP contribution in [-0.2, 0) is 0 Å². The summed E-state index contributed by atoms with van der Waals surface area (Å²) in [5, 5.41) is 13.9. The second-order valence-corrected chi connectivity index (χ2v) is 3.38. The van der Waals surface area contributed by atoms with Gasteiger partial charge in [-0.25, -0.2) is 4.79 Å². The summed E-state index contributed by atoms with van der Waals surface area (Å²) in [6, 6.07) is 0. The van der Waals surface area contributed by atoms with E-state index in [4.69, 9.17) is 15.0 Å². The Morgan fingerprint density at radius 1 is 0.889 bits per heavy atom. The van der Waals surface area contributed by atoms with Crippen LogP contribution in [0.5, 0.6) is 0 Å². The van der Waals surface area contributed by atoms with Crippen molar-refractivity contribution in [2.75, 3.05) is 26.2 Å². The Kier molecular flexibility index (Phi) is 13.7. The average Bonchev–Trinajstić information content (AvgIpc) is 2.19. The van der Waals surface area contributed by atoms with Gasteiger partial charge in [-0.2, -0.15) is 0 Å². The minimum absolute atomic E-state index is 1.28. The largest absolute Gasteiger partial charge is 0.673 e. The molecule has 0 spiro atoms. The molecule has 0 aromatic heterocycles. The van der Waals surface area contributed by atoms with Crippen molar-refractivity contribution in [2.24, 2.45) is 0 Å². The molecule has 0 aliphatic heterocycles. The molecule has 0 aromatic carbocycles. The monoisotopic (exact) mass is 279 g/mol. The van der Waals surface area contributed by atoms with Crippen molar-refractivity contribution in [3.63, 3.8) is 0 Å². The van der Waals surface area contributed by atoms with Crippen molar-refractivity contribution < 1.29 is 36.8 Å². The number of hydrogen-bond acceptors (Lipinski definition) is 1. The molecule has 0 aliphatic carbocycles. The fourth-order valence-electron chi connectivity index (χ4n) is 1.34. The minimum atomic E-state index is -6.00. The normalized spacial score (nSPS) is 10.7. The summed E-state index contributed by atoms with van der Waals surface area (Å²) in [7, 11) is -6.00. The molecular formula is C9H22BF4NO3. The highest BCUT2D eigenvalue weighted by Crippen LogP contribution is 2.06. The van der Waals surface area contributed by atoms with Gasteiger partial charge in [0.1, 0.15) is 0 Å². The zero-order valence-electron chi connectivity index (χ0n) is 11.2. The SMILES string of the molecule is CC[N+](CC)(CC)CC.F[B-](F)(F)F.O=C(O)O.